The summed E-state index contributed by atoms with van der Waals surface area (Å²) in [6, 6.07) is -3.49. The number of aromatic amines is 1. The summed E-state index contributed by atoms with van der Waals surface area (Å²) in [6.07, 6.45) is 1.86. The zero-order chi connectivity index (χ0) is 22.8. The number of H-pyrrole nitrogens is 1. The summed E-state index contributed by atoms with van der Waals surface area (Å²) < 4.78 is 0. The quantitative estimate of drug-likeness (QED) is 0.196. The molecule has 0 saturated carbocycles. The molecule has 0 aliphatic heterocycles. The minimum absolute atomic E-state index is 0.0641. The summed E-state index contributed by atoms with van der Waals surface area (Å²) in [5, 5.41) is 26.1. The van der Waals surface area contributed by atoms with Gasteiger partial charge in [-0.2, -0.15) is 0 Å². The van der Waals surface area contributed by atoms with E-state index in [9.17, 15) is 29.4 Å². The number of nitrogens with one attached hydrogen (secondary N) is 4. The number of aliphatic hydroxyl groups is 1. The van der Waals surface area contributed by atoms with Crippen molar-refractivity contribution < 1.29 is 29.4 Å². The van der Waals surface area contributed by atoms with Crippen molar-refractivity contribution in [1.29, 1.82) is 0 Å². The first-order valence-corrected chi connectivity index (χ1v) is 9.52. The highest BCUT2D eigenvalue weighted by Gasteiger charge is 2.30. The number of carbonyl (C=O) groups excluding carboxylic acids is 3. The molecule has 8 N–H and O–H groups in total. The van der Waals surface area contributed by atoms with Gasteiger partial charge < -0.3 is 36.9 Å². The smallest absolute Gasteiger partial charge is 0.326 e. The maximum atomic E-state index is 12.4. The number of carboxylic acid groups (broad SMARTS) is 1. The van der Waals surface area contributed by atoms with Crippen molar-refractivity contribution in [3.05, 3.63) is 18.2 Å². The predicted molar refractivity (Wildman–Crippen MR) is 106 cm³/mol. The van der Waals surface area contributed by atoms with E-state index in [-0.39, 0.29) is 12.3 Å². The molecule has 1 aromatic heterocycles. The van der Waals surface area contributed by atoms with Gasteiger partial charge in [-0.1, -0.05) is 13.8 Å². The van der Waals surface area contributed by atoms with Crippen LogP contribution in [0.4, 0.5) is 0 Å². The summed E-state index contributed by atoms with van der Waals surface area (Å²) in [7, 11) is 0. The lowest BCUT2D eigenvalue weighted by Gasteiger charge is -2.23. The minimum Gasteiger partial charge on any atom is -0.480 e. The van der Waals surface area contributed by atoms with Crippen molar-refractivity contribution >= 4 is 23.7 Å². The second-order valence-corrected chi connectivity index (χ2v) is 7.42. The zero-order valence-corrected chi connectivity index (χ0v) is 17.2. The molecule has 0 radical (unpaired) electrons. The Balaban J connectivity index is 2.64. The molecule has 0 fully saturated rings. The number of aromatic nitrogens is 2. The molecule has 1 rings (SSSR count). The highest BCUT2D eigenvalue weighted by Crippen LogP contribution is 2.03. The molecule has 12 nitrogen and oxygen atoms in total. The Morgan fingerprint density at radius 1 is 1.17 bits per heavy atom. The van der Waals surface area contributed by atoms with Crippen molar-refractivity contribution in [3.8, 4) is 0 Å². The minimum atomic E-state index is -1.41. The molecule has 0 bridgehead atoms. The third-order valence-electron chi connectivity index (χ3n) is 4.16. The van der Waals surface area contributed by atoms with Crippen LogP contribution in [0.3, 0.4) is 0 Å². The van der Waals surface area contributed by atoms with Gasteiger partial charge in [0.05, 0.1) is 25.0 Å². The van der Waals surface area contributed by atoms with Gasteiger partial charge in [-0.3, -0.25) is 14.4 Å². The number of amides is 3. The summed E-state index contributed by atoms with van der Waals surface area (Å²) in [4.78, 5) is 54.4. The molecule has 0 aliphatic rings. The Hall–Kier alpha value is -2.99. The van der Waals surface area contributed by atoms with Crippen molar-refractivity contribution in [2.24, 2.45) is 11.7 Å². The van der Waals surface area contributed by atoms with Crippen molar-refractivity contribution in [1.82, 2.24) is 25.9 Å². The molecule has 30 heavy (non-hydrogen) atoms. The summed E-state index contributed by atoms with van der Waals surface area (Å²) in [6.45, 7) is 4.63. The standard InChI is InChI=1S/C18H30N6O6/c1-9(2)4-12(19)16(27)21-7-14(26)24-15(10(3)25)17(28)23-13(18(29)30)5-11-6-20-8-22-11/h6,8-10,12-13,15,25H,4-5,7,19H2,1-3H3,(H,20,22)(H,21,27)(H,23,28)(H,24,26)(H,29,30). The Morgan fingerprint density at radius 3 is 2.33 bits per heavy atom. The SMILES string of the molecule is CC(C)CC(N)C(=O)NCC(=O)NC(C(=O)NC(Cc1cnc[nH]1)C(=O)O)C(C)O. The van der Waals surface area contributed by atoms with E-state index in [1.54, 1.807) is 0 Å². The number of nitrogens with two attached hydrogens (primary N) is 1. The maximum absolute atomic E-state index is 12.4. The lowest BCUT2D eigenvalue weighted by Crippen LogP contribution is -2.57. The van der Waals surface area contributed by atoms with Crippen LogP contribution in [0.2, 0.25) is 0 Å². The third-order valence-corrected chi connectivity index (χ3v) is 4.16. The summed E-state index contributed by atoms with van der Waals surface area (Å²) in [5.41, 5.74) is 6.22. The molecular formula is C18H30N6O6. The van der Waals surface area contributed by atoms with Crippen LogP contribution in [0.15, 0.2) is 12.5 Å². The summed E-state index contributed by atoms with van der Waals surface area (Å²) in [5.74, 6) is -3.22. The molecule has 0 aromatic carbocycles. The fourth-order valence-corrected chi connectivity index (χ4v) is 2.62. The van der Waals surface area contributed by atoms with Gasteiger partial charge in [-0.15, -0.1) is 0 Å². The van der Waals surface area contributed by atoms with Crippen molar-refractivity contribution in [2.75, 3.05) is 6.54 Å². The second kappa shape index (κ2) is 11.9. The molecule has 0 aliphatic carbocycles. The van der Waals surface area contributed by atoms with Gasteiger partial charge in [0.15, 0.2) is 0 Å². The van der Waals surface area contributed by atoms with E-state index in [2.05, 4.69) is 25.9 Å². The van der Waals surface area contributed by atoms with E-state index in [4.69, 9.17) is 5.73 Å². The van der Waals surface area contributed by atoms with Crippen LogP contribution in [0, 0.1) is 5.92 Å². The van der Waals surface area contributed by atoms with Crippen LogP contribution in [0.1, 0.15) is 32.9 Å². The fourth-order valence-electron chi connectivity index (χ4n) is 2.62. The molecule has 4 unspecified atom stereocenters. The van der Waals surface area contributed by atoms with Crippen molar-refractivity contribution in [2.45, 2.75) is 57.8 Å². The van der Waals surface area contributed by atoms with E-state index >= 15 is 0 Å². The van der Waals surface area contributed by atoms with Crippen LogP contribution in [0.5, 0.6) is 0 Å². The van der Waals surface area contributed by atoms with Gasteiger partial charge in [-0.05, 0) is 19.3 Å². The normalized spacial score (nSPS) is 15.0. The average molecular weight is 426 g/mol. The Kier molecular flexibility index (Phi) is 9.92. The monoisotopic (exact) mass is 426 g/mol. The van der Waals surface area contributed by atoms with E-state index < -0.39 is 54.5 Å². The molecule has 1 aromatic rings. The number of carbonyl (C=O) groups is 4. The number of aliphatic carboxylic acids is 1. The van der Waals surface area contributed by atoms with Crippen LogP contribution in [-0.2, 0) is 25.6 Å². The first-order chi connectivity index (χ1) is 14.0. The Labute approximate surface area is 174 Å². The number of imidazole rings is 1. The van der Waals surface area contributed by atoms with Gasteiger partial charge in [0.2, 0.25) is 17.7 Å². The molecule has 1 heterocycles. The second-order valence-electron chi connectivity index (χ2n) is 7.42. The Bertz CT molecular complexity index is 721. The number of nitrogens with zero attached hydrogens (tertiary/aromatic N) is 1. The number of aliphatic hydroxyl groups excluding tert-OH is 1. The number of carboxylic acids is 1. The zero-order valence-electron chi connectivity index (χ0n) is 17.2. The van der Waals surface area contributed by atoms with Crippen LogP contribution in [0.25, 0.3) is 0 Å². The molecule has 4 atom stereocenters. The number of hydrogen-bond donors (Lipinski definition) is 7. The molecule has 3 amide bonds. The molecule has 12 heteroatoms. The first kappa shape index (κ1) is 25.0. The highest BCUT2D eigenvalue weighted by molar-refractivity contribution is 5.92. The van der Waals surface area contributed by atoms with Gasteiger partial charge in [0.1, 0.15) is 12.1 Å². The molecule has 168 valence electrons. The predicted octanol–water partition coefficient (Wildman–Crippen LogP) is -2.12. The lowest BCUT2D eigenvalue weighted by atomic mass is 10.0. The van der Waals surface area contributed by atoms with Gasteiger partial charge in [0.25, 0.3) is 0 Å². The van der Waals surface area contributed by atoms with Gasteiger partial charge in [0, 0.05) is 18.3 Å². The number of rotatable bonds is 12. The lowest BCUT2D eigenvalue weighted by molar-refractivity contribution is -0.143. The van der Waals surface area contributed by atoms with Crippen LogP contribution < -0.4 is 21.7 Å². The van der Waals surface area contributed by atoms with E-state index in [1.165, 1.54) is 19.4 Å². The fraction of sp³-hybridized carbons (Fsp3) is 0.611. The Morgan fingerprint density at radius 2 is 1.83 bits per heavy atom. The first-order valence-electron chi connectivity index (χ1n) is 9.52. The van der Waals surface area contributed by atoms with Gasteiger partial charge in [-0.25, -0.2) is 9.78 Å². The number of hydrogen-bond acceptors (Lipinski definition) is 7. The molecular weight excluding hydrogens is 396 g/mol. The highest BCUT2D eigenvalue weighted by atomic mass is 16.4. The topological polar surface area (TPSA) is 200 Å². The largest absolute Gasteiger partial charge is 0.480 e. The third kappa shape index (κ3) is 8.57. The van der Waals surface area contributed by atoms with E-state index in [0.29, 0.717) is 12.1 Å². The van der Waals surface area contributed by atoms with E-state index in [0.717, 1.165) is 0 Å². The summed E-state index contributed by atoms with van der Waals surface area (Å²) >= 11 is 0. The van der Waals surface area contributed by atoms with Crippen LogP contribution in [-0.4, -0.2) is 74.6 Å². The molecule has 0 saturated heterocycles. The van der Waals surface area contributed by atoms with E-state index in [1.807, 2.05) is 13.8 Å². The maximum Gasteiger partial charge on any atom is 0.326 e. The van der Waals surface area contributed by atoms with Crippen molar-refractivity contribution in [3.63, 3.8) is 0 Å². The van der Waals surface area contributed by atoms with Gasteiger partial charge >= 0.3 is 5.97 Å². The van der Waals surface area contributed by atoms with Crippen LogP contribution >= 0.6 is 0 Å². The molecule has 0 spiro atoms. The average Bonchev–Trinajstić information content (AvgIpc) is 3.15.